The lowest BCUT2D eigenvalue weighted by Crippen LogP contribution is -2.57. The van der Waals surface area contributed by atoms with Gasteiger partial charge in [0.2, 0.25) is 0 Å². The zero-order chi connectivity index (χ0) is 19.1. The zero-order valence-corrected chi connectivity index (χ0v) is 15.5. The Bertz CT molecular complexity index is 722. The highest BCUT2D eigenvalue weighted by Crippen LogP contribution is 2.34. The first-order valence-corrected chi connectivity index (χ1v) is 9.46. The molecule has 2 atom stereocenters. The fourth-order valence-corrected chi connectivity index (χ4v) is 3.77. The number of aliphatic carboxylic acids is 1. The van der Waals surface area contributed by atoms with Crippen LogP contribution < -0.4 is 4.74 Å². The van der Waals surface area contributed by atoms with Gasteiger partial charge >= 0.3 is 5.97 Å². The van der Waals surface area contributed by atoms with E-state index < -0.39 is 17.5 Å². The molecule has 2 aromatic carbocycles. The first-order chi connectivity index (χ1) is 13.1. The van der Waals surface area contributed by atoms with Crippen molar-refractivity contribution in [2.45, 2.75) is 25.4 Å². The second-order valence-corrected chi connectivity index (χ2v) is 7.22. The van der Waals surface area contributed by atoms with Gasteiger partial charge in [-0.15, -0.1) is 0 Å². The molecule has 1 fully saturated rings. The molecule has 0 aliphatic carbocycles. The minimum atomic E-state index is -1.17. The predicted octanol–water partition coefficient (Wildman–Crippen LogP) is 2.84. The molecule has 0 unspecified atom stereocenters. The number of piperidine rings is 1. The summed E-state index contributed by atoms with van der Waals surface area (Å²) in [5.41, 5.74) is -0.229. The molecule has 1 aliphatic heterocycles. The van der Waals surface area contributed by atoms with Crippen molar-refractivity contribution in [3.63, 3.8) is 0 Å². The van der Waals surface area contributed by atoms with Crippen molar-refractivity contribution in [3.8, 4) is 5.75 Å². The van der Waals surface area contributed by atoms with Gasteiger partial charge in [-0.3, -0.25) is 4.79 Å². The van der Waals surface area contributed by atoms with Gasteiger partial charge < -0.3 is 19.8 Å². The molecule has 2 aromatic rings. The molecule has 144 valence electrons. The molecule has 0 radical (unpaired) electrons. The molecule has 0 saturated carbocycles. The normalized spacial score (nSPS) is 23.1. The van der Waals surface area contributed by atoms with E-state index in [2.05, 4.69) is 4.90 Å². The van der Waals surface area contributed by atoms with Crippen molar-refractivity contribution in [2.24, 2.45) is 5.41 Å². The summed E-state index contributed by atoms with van der Waals surface area (Å²) < 4.78 is 5.72. The summed E-state index contributed by atoms with van der Waals surface area (Å²) in [5.74, 6) is -0.0837. The molecule has 27 heavy (non-hydrogen) atoms. The number of benzene rings is 2. The lowest BCUT2D eigenvalue weighted by molar-refractivity contribution is -0.163. The van der Waals surface area contributed by atoms with E-state index in [0.29, 0.717) is 32.5 Å². The first-order valence-electron chi connectivity index (χ1n) is 9.46. The Morgan fingerprint density at radius 2 is 1.78 bits per heavy atom. The maximum atomic E-state index is 12.1. The molecule has 0 spiro atoms. The van der Waals surface area contributed by atoms with Gasteiger partial charge in [-0.2, -0.15) is 0 Å². The van der Waals surface area contributed by atoms with Gasteiger partial charge in [0.15, 0.2) is 0 Å². The van der Waals surface area contributed by atoms with Crippen LogP contribution in [-0.2, 0) is 11.2 Å². The monoisotopic (exact) mass is 369 g/mol. The maximum Gasteiger partial charge on any atom is 0.313 e. The third-order valence-corrected chi connectivity index (χ3v) is 5.28. The third-order valence-electron chi connectivity index (χ3n) is 5.28. The quantitative estimate of drug-likeness (QED) is 0.700. The number of ether oxygens (including phenoxy) is 1. The standard InChI is InChI=1S/C22H27NO4/c24-20-12-14-23(13-7-15-27-19-10-5-2-6-11-19)17-22(20,21(25)26)16-18-8-3-1-4-9-18/h1-6,8-11,20,24H,7,12-17H2,(H,25,26)/t20-,22-/m0/s1. The Labute approximate surface area is 160 Å². The topological polar surface area (TPSA) is 70.0 Å². The van der Waals surface area contributed by atoms with Crippen LogP contribution >= 0.6 is 0 Å². The minimum absolute atomic E-state index is 0.335. The van der Waals surface area contributed by atoms with Gasteiger partial charge in [-0.25, -0.2) is 0 Å². The van der Waals surface area contributed by atoms with E-state index in [-0.39, 0.29) is 0 Å². The number of carbonyl (C=O) groups is 1. The Hall–Kier alpha value is -2.37. The number of aliphatic hydroxyl groups is 1. The smallest absolute Gasteiger partial charge is 0.313 e. The van der Waals surface area contributed by atoms with Crippen molar-refractivity contribution in [1.29, 1.82) is 0 Å². The van der Waals surface area contributed by atoms with E-state index in [0.717, 1.165) is 24.3 Å². The van der Waals surface area contributed by atoms with Gasteiger partial charge in [0.25, 0.3) is 0 Å². The molecule has 1 saturated heterocycles. The molecular formula is C22H27NO4. The lowest BCUT2D eigenvalue weighted by atomic mass is 9.73. The highest BCUT2D eigenvalue weighted by Gasteiger charge is 2.49. The number of nitrogens with zero attached hydrogens (tertiary/aromatic N) is 1. The summed E-state index contributed by atoms with van der Waals surface area (Å²) in [6, 6.07) is 19.2. The summed E-state index contributed by atoms with van der Waals surface area (Å²) >= 11 is 0. The maximum absolute atomic E-state index is 12.1. The predicted molar refractivity (Wildman–Crippen MR) is 104 cm³/mol. The molecule has 5 nitrogen and oxygen atoms in total. The van der Waals surface area contributed by atoms with E-state index in [1.165, 1.54) is 0 Å². The number of carboxylic acids is 1. The first kappa shape index (κ1) is 19.4. The third kappa shape index (κ3) is 4.87. The molecule has 0 amide bonds. The molecule has 3 rings (SSSR count). The van der Waals surface area contributed by atoms with E-state index in [1.54, 1.807) is 0 Å². The van der Waals surface area contributed by atoms with Crippen molar-refractivity contribution < 1.29 is 19.7 Å². The SMILES string of the molecule is O=C(O)[C@@]1(Cc2ccccc2)CN(CCCOc2ccccc2)CC[C@@H]1O. The van der Waals surface area contributed by atoms with Crippen LogP contribution in [0.2, 0.25) is 0 Å². The average molecular weight is 369 g/mol. The highest BCUT2D eigenvalue weighted by molar-refractivity contribution is 5.76. The van der Waals surface area contributed by atoms with Crippen LogP contribution in [0.5, 0.6) is 5.75 Å². The zero-order valence-electron chi connectivity index (χ0n) is 15.5. The summed E-state index contributed by atoms with van der Waals surface area (Å²) in [5, 5.41) is 20.5. The van der Waals surface area contributed by atoms with E-state index in [1.807, 2.05) is 60.7 Å². The van der Waals surface area contributed by atoms with Crippen LogP contribution in [0.25, 0.3) is 0 Å². The fraction of sp³-hybridized carbons (Fsp3) is 0.409. The minimum Gasteiger partial charge on any atom is -0.494 e. The van der Waals surface area contributed by atoms with Gasteiger partial charge in [0.1, 0.15) is 11.2 Å². The molecule has 0 bridgehead atoms. The van der Waals surface area contributed by atoms with Crippen LogP contribution in [0.1, 0.15) is 18.4 Å². The highest BCUT2D eigenvalue weighted by atomic mass is 16.5. The van der Waals surface area contributed by atoms with Crippen LogP contribution in [0.4, 0.5) is 0 Å². The second kappa shape index (κ2) is 9.02. The fourth-order valence-electron chi connectivity index (χ4n) is 3.77. The van der Waals surface area contributed by atoms with Gasteiger partial charge in [-0.05, 0) is 37.0 Å². The average Bonchev–Trinajstić information content (AvgIpc) is 2.69. The van der Waals surface area contributed by atoms with Crippen molar-refractivity contribution in [1.82, 2.24) is 4.90 Å². The summed E-state index contributed by atoms with van der Waals surface area (Å²) in [6.45, 7) is 2.39. The number of carboxylic acid groups (broad SMARTS) is 1. The summed E-state index contributed by atoms with van der Waals surface area (Å²) in [4.78, 5) is 14.3. The van der Waals surface area contributed by atoms with E-state index in [4.69, 9.17) is 4.74 Å². The van der Waals surface area contributed by atoms with Crippen molar-refractivity contribution >= 4 is 5.97 Å². The number of likely N-dealkylation sites (tertiary alicyclic amines) is 1. The van der Waals surface area contributed by atoms with Crippen LogP contribution in [-0.4, -0.2) is 53.4 Å². The van der Waals surface area contributed by atoms with Crippen LogP contribution in [0.15, 0.2) is 60.7 Å². The van der Waals surface area contributed by atoms with Crippen LogP contribution in [0, 0.1) is 5.41 Å². The molecule has 2 N–H and O–H groups in total. The van der Waals surface area contributed by atoms with Gasteiger partial charge in [0, 0.05) is 19.6 Å². The molecule has 1 heterocycles. The number of aliphatic hydroxyl groups excluding tert-OH is 1. The number of para-hydroxylation sites is 1. The van der Waals surface area contributed by atoms with Crippen molar-refractivity contribution in [2.75, 3.05) is 26.2 Å². The number of hydrogen-bond acceptors (Lipinski definition) is 4. The molecular weight excluding hydrogens is 342 g/mol. The number of rotatable bonds is 8. The largest absolute Gasteiger partial charge is 0.494 e. The van der Waals surface area contributed by atoms with Gasteiger partial charge in [0.05, 0.1) is 12.7 Å². The van der Waals surface area contributed by atoms with Crippen molar-refractivity contribution in [3.05, 3.63) is 66.2 Å². The Balaban J connectivity index is 1.58. The Kier molecular flexibility index (Phi) is 6.48. The Morgan fingerprint density at radius 1 is 1.11 bits per heavy atom. The lowest BCUT2D eigenvalue weighted by Gasteiger charge is -2.43. The molecule has 1 aliphatic rings. The second-order valence-electron chi connectivity index (χ2n) is 7.22. The summed E-state index contributed by atoms with van der Waals surface area (Å²) in [6.07, 6.45) is 0.776. The molecule has 5 heteroatoms. The molecule has 0 aromatic heterocycles. The number of hydrogen-bond donors (Lipinski definition) is 2. The summed E-state index contributed by atoms with van der Waals surface area (Å²) in [7, 11) is 0. The van der Waals surface area contributed by atoms with Gasteiger partial charge in [-0.1, -0.05) is 48.5 Å². The van der Waals surface area contributed by atoms with E-state index >= 15 is 0 Å². The Morgan fingerprint density at radius 3 is 2.44 bits per heavy atom. The van der Waals surface area contributed by atoms with E-state index in [9.17, 15) is 15.0 Å². The van der Waals surface area contributed by atoms with Crippen LogP contribution in [0.3, 0.4) is 0 Å².